The normalized spacial score (nSPS) is 8.46. The second-order valence-electron chi connectivity index (χ2n) is 1.79. The Morgan fingerprint density at radius 3 is 1.62 bits per heavy atom. The van der Waals surface area contributed by atoms with Crippen LogP contribution >= 0.6 is 24.4 Å². The summed E-state index contributed by atoms with van der Waals surface area (Å²) < 4.78 is 4.57. The van der Waals surface area contributed by atoms with Gasteiger partial charge in [-0.05, 0) is 24.4 Å². The van der Waals surface area contributed by atoms with E-state index in [1.54, 1.807) is 0 Å². The standard InChI is InChI=1S/C4H6O3S2.C2H7NO/c5-3(8)1-7-2-4(6)9;3-1-2-4/h1-2H2,(H,5,8)(H,6,9);4H,1-3H2. The lowest BCUT2D eigenvalue weighted by Crippen LogP contribution is -2.10. The highest BCUT2D eigenvalue weighted by molar-refractivity contribution is 7.80. The molecule has 0 aromatic heterocycles. The Kier molecular flexibility index (Phi) is 13.6. The number of nitrogens with two attached hydrogens (primary N) is 1. The molecule has 0 saturated heterocycles. The van der Waals surface area contributed by atoms with Crippen LogP contribution in [0.2, 0.25) is 0 Å². The molecule has 0 aromatic rings. The highest BCUT2D eigenvalue weighted by Gasteiger charge is 1.93. The summed E-state index contributed by atoms with van der Waals surface area (Å²) in [5.41, 5.74) is 4.78. The van der Waals surface area contributed by atoms with Crippen molar-refractivity contribution in [3.8, 4) is 0 Å². The summed E-state index contributed by atoms with van der Waals surface area (Å²) in [6.07, 6.45) is 0. The van der Waals surface area contributed by atoms with E-state index in [0.717, 1.165) is 0 Å². The molecule has 5 N–H and O–H groups in total. The van der Waals surface area contributed by atoms with E-state index in [-0.39, 0.29) is 29.9 Å². The summed E-state index contributed by atoms with van der Waals surface area (Å²) in [5, 5.41) is 24.0. The Hall–Kier alpha value is -0.340. The van der Waals surface area contributed by atoms with Crippen molar-refractivity contribution in [2.75, 3.05) is 26.4 Å². The zero-order valence-electron chi connectivity index (χ0n) is 6.97. The smallest absolute Gasteiger partial charge is 0.183 e. The predicted octanol–water partition coefficient (Wildman–Crippen LogP) is -0.289. The highest BCUT2D eigenvalue weighted by atomic mass is 32.1. The van der Waals surface area contributed by atoms with Crippen molar-refractivity contribution in [2.45, 2.75) is 0 Å². The van der Waals surface area contributed by atoms with Crippen LogP contribution in [0.3, 0.4) is 0 Å². The van der Waals surface area contributed by atoms with Gasteiger partial charge >= 0.3 is 0 Å². The van der Waals surface area contributed by atoms with Crippen LogP contribution in [-0.4, -0.2) is 51.8 Å². The van der Waals surface area contributed by atoms with Crippen LogP contribution in [0.1, 0.15) is 0 Å². The lowest BCUT2D eigenvalue weighted by atomic mass is 10.7. The number of aliphatic hydroxyl groups excluding tert-OH is 3. The first-order valence-corrected chi connectivity index (χ1v) is 4.18. The van der Waals surface area contributed by atoms with Crippen molar-refractivity contribution in [3.05, 3.63) is 0 Å². The maximum atomic E-state index is 8.35. The number of ether oxygens (including phenoxy) is 1. The van der Waals surface area contributed by atoms with E-state index in [0.29, 0.717) is 6.54 Å². The molecule has 0 bridgehead atoms. The Morgan fingerprint density at radius 2 is 1.46 bits per heavy atom. The quantitative estimate of drug-likeness (QED) is 0.479. The third-order valence-electron chi connectivity index (χ3n) is 0.580. The third-order valence-corrected chi connectivity index (χ3v) is 0.816. The molecule has 0 saturated carbocycles. The molecule has 0 fully saturated rings. The zero-order valence-corrected chi connectivity index (χ0v) is 8.61. The second-order valence-corrected chi connectivity index (χ2v) is 2.74. The molecule has 0 rings (SSSR count). The van der Waals surface area contributed by atoms with Gasteiger partial charge in [0, 0.05) is 6.54 Å². The summed E-state index contributed by atoms with van der Waals surface area (Å²) in [6, 6.07) is 0. The van der Waals surface area contributed by atoms with Crippen LogP contribution in [-0.2, 0) is 4.74 Å². The lowest BCUT2D eigenvalue weighted by Gasteiger charge is -1.96. The van der Waals surface area contributed by atoms with Crippen molar-refractivity contribution >= 4 is 34.5 Å². The summed E-state index contributed by atoms with van der Waals surface area (Å²) in [7, 11) is 0. The van der Waals surface area contributed by atoms with E-state index in [2.05, 4.69) is 29.2 Å². The Morgan fingerprint density at radius 1 is 1.15 bits per heavy atom. The Bertz CT molecular complexity index is 138. The number of aliphatic hydroxyl groups is 3. The second kappa shape index (κ2) is 11.7. The fourth-order valence-corrected chi connectivity index (χ4v) is 0.392. The number of thiocarbonyl (C=S) groups is 2. The first kappa shape index (κ1) is 15.1. The van der Waals surface area contributed by atoms with Gasteiger partial charge in [0.05, 0.1) is 6.61 Å². The number of rotatable bonds is 5. The van der Waals surface area contributed by atoms with Crippen LogP contribution in [0.15, 0.2) is 0 Å². The van der Waals surface area contributed by atoms with E-state index in [4.69, 9.17) is 21.1 Å². The van der Waals surface area contributed by atoms with Crippen molar-refractivity contribution < 1.29 is 20.1 Å². The Labute approximate surface area is 87.1 Å². The molecule has 0 aromatic carbocycles. The Balaban J connectivity index is 0. The molecule has 0 unspecified atom stereocenters. The van der Waals surface area contributed by atoms with E-state index in [1.165, 1.54) is 0 Å². The van der Waals surface area contributed by atoms with Crippen LogP contribution in [0, 0.1) is 0 Å². The van der Waals surface area contributed by atoms with Gasteiger partial charge in [-0.2, -0.15) is 0 Å². The predicted molar refractivity (Wildman–Crippen MR) is 57.4 cm³/mol. The van der Waals surface area contributed by atoms with Gasteiger partial charge < -0.3 is 25.8 Å². The summed E-state index contributed by atoms with van der Waals surface area (Å²) >= 11 is 8.51. The van der Waals surface area contributed by atoms with Gasteiger partial charge in [0.15, 0.2) is 10.1 Å². The molecule has 5 nitrogen and oxygen atoms in total. The van der Waals surface area contributed by atoms with Crippen molar-refractivity contribution in [2.24, 2.45) is 5.73 Å². The van der Waals surface area contributed by atoms with Gasteiger partial charge in [0.2, 0.25) is 0 Å². The maximum Gasteiger partial charge on any atom is 0.183 e. The average molecular weight is 227 g/mol. The molecule has 0 amide bonds. The zero-order chi connectivity index (χ0) is 10.7. The van der Waals surface area contributed by atoms with Gasteiger partial charge in [-0.1, -0.05) is 0 Å². The van der Waals surface area contributed by atoms with Crippen LogP contribution in [0.5, 0.6) is 0 Å². The van der Waals surface area contributed by atoms with Crippen LogP contribution < -0.4 is 5.73 Å². The van der Waals surface area contributed by atoms with Crippen LogP contribution in [0.25, 0.3) is 0 Å². The van der Waals surface area contributed by atoms with E-state index >= 15 is 0 Å². The van der Waals surface area contributed by atoms with Crippen molar-refractivity contribution in [1.29, 1.82) is 0 Å². The third kappa shape index (κ3) is 24.5. The van der Waals surface area contributed by atoms with E-state index in [1.807, 2.05) is 0 Å². The number of hydrogen-bond donors (Lipinski definition) is 4. The van der Waals surface area contributed by atoms with Crippen LogP contribution in [0.4, 0.5) is 0 Å². The van der Waals surface area contributed by atoms with Gasteiger partial charge in [0.25, 0.3) is 0 Å². The fraction of sp³-hybridized carbons (Fsp3) is 0.667. The minimum atomic E-state index is -0.244. The monoisotopic (exact) mass is 227 g/mol. The number of hydrogen-bond acceptors (Lipinski definition) is 5. The molecular weight excluding hydrogens is 214 g/mol. The SMILES string of the molecule is NCCO.OC(=S)COCC(O)=S. The van der Waals surface area contributed by atoms with Gasteiger partial charge in [-0.25, -0.2) is 0 Å². The molecule has 13 heavy (non-hydrogen) atoms. The lowest BCUT2D eigenvalue weighted by molar-refractivity contribution is 0.194. The summed E-state index contributed by atoms with van der Waals surface area (Å²) in [6.45, 7) is 0.353. The van der Waals surface area contributed by atoms with E-state index < -0.39 is 0 Å². The largest absolute Gasteiger partial charge is 0.500 e. The maximum absolute atomic E-state index is 8.35. The fourth-order valence-electron chi connectivity index (χ4n) is 0.226. The molecule has 0 radical (unpaired) electrons. The van der Waals surface area contributed by atoms with Crippen molar-refractivity contribution in [3.63, 3.8) is 0 Å². The molecule has 0 aliphatic rings. The minimum absolute atomic E-state index is 0.0595. The van der Waals surface area contributed by atoms with E-state index in [9.17, 15) is 0 Å². The van der Waals surface area contributed by atoms with Crippen molar-refractivity contribution in [1.82, 2.24) is 0 Å². The van der Waals surface area contributed by atoms with Gasteiger partial charge in [-0.15, -0.1) is 0 Å². The molecule has 78 valence electrons. The van der Waals surface area contributed by atoms with Gasteiger partial charge in [0.1, 0.15) is 13.2 Å². The summed E-state index contributed by atoms with van der Waals surface area (Å²) in [5.74, 6) is 0. The topological polar surface area (TPSA) is 95.9 Å². The molecule has 0 heterocycles. The molecule has 0 spiro atoms. The average Bonchev–Trinajstić information content (AvgIpc) is 2.03. The summed E-state index contributed by atoms with van der Waals surface area (Å²) in [4.78, 5) is 0. The molecule has 0 aliphatic carbocycles. The molecular formula is C6H13NO4S2. The molecule has 0 atom stereocenters. The first-order valence-electron chi connectivity index (χ1n) is 3.36. The molecule has 7 heteroatoms. The highest BCUT2D eigenvalue weighted by Crippen LogP contribution is 1.78. The first-order chi connectivity index (χ1) is 6.04. The molecule has 0 aliphatic heterocycles. The minimum Gasteiger partial charge on any atom is -0.500 e. The van der Waals surface area contributed by atoms with Gasteiger partial charge in [-0.3, -0.25) is 0 Å².